The van der Waals surface area contributed by atoms with E-state index in [0.29, 0.717) is 22.2 Å². The number of aromatic nitrogens is 1. The van der Waals surface area contributed by atoms with Gasteiger partial charge in [0.25, 0.3) is 5.91 Å². The van der Waals surface area contributed by atoms with Crippen LogP contribution in [0.2, 0.25) is 10.0 Å². The van der Waals surface area contributed by atoms with Crippen LogP contribution in [0.3, 0.4) is 0 Å². The van der Waals surface area contributed by atoms with Crippen molar-refractivity contribution in [3.63, 3.8) is 0 Å². The van der Waals surface area contributed by atoms with Gasteiger partial charge in [0.2, 0.25) is 0 Å². The topological polar surface area (TPSA) is 33.2 Å². The summed E-state index contributed by atoms with van der Waals surface area (Å²) in [5.74, 6) is 0.294. The van der Waals surface area contributed by atoms with Crippen LogP contribution in [0.5, 0.6) is 0 Å². The third kappa shape index (κ3) is 3.39. The van der Waals surface area contributed by atoms with E-state index in [0.717, 1.165) is 29.9 Å². The highest BCUT2D eigenvalue weighted by atomic mass is 35.5. The zero-order valence-corrected chi connectivity index (χ0v) is 15.7. The van der Waals surface area contributed by atoms with Gasteiger partial charge in [-0.25, -0.2) is 4.98 Å². The van der Waals surface area contributed by atoms with Crippen LogP contribution in [-0.2, 0) is 0 Å². The Balaban J connectivity index is 1.55. The molecule has 2 aromatic carbocycles. The molecule has 3 aromatic rings. The van der Waals surface area contributed by atoms with E-state index in [4.69, 9.17) is 28.2 Å². The second-order valence-corrected chi connectivity index (χ2v) is 8.12. The lowest BCUT2D eigenvalue weighted by Crippen LogP contribution is -2.39. The minimum absolute atomic E-state index is 0.00405. The summed E-state index contributed by atoms with van der Waals surface area (Å²) in [6.45, 7) is 1.46. The van der Waals surface area contributed by atoms with Gasteiger partial charge in [0.15, 0.2) is 0 Å². The van der Waals surface area contributed by atoms with Gasteiger partial charge in [0.05, 0.1) is 25.3 Å². The third-order valence-corrected chi connectivity index (χ3v) is 6.47. The number of carbonyl (C=O) groups excluding carboxylic acids is 1. The van der Waals surface area contributed by atoms with Crippen molar-refractivity contribution in [1.29, 1.82) is 0 Å². The minimum atomic E-state index is 0.00405. The van der Waals surface area contributed by atoms with Crippen LogP contribution in [0.15, 0.2) is 42.5 Å². The maximum absolute atomic E-state index is 12.8. The van der Waals surface area contributed by atoms with Gasteiger partial charge >= 0.3 is 0 Å². The first kappa shape index (κ1) is 16.8. The average molecular weight is 391 g/mol. The van der Waals surface area contributed by atoms with E-state index >= 15 is 0 Å². The summed E-state index contributed by atoms with van der Waals surface area (Å²) >= 11 is 13.7. The lowest BCUT2D eigenvalue weighted by molar-refractivity contribution is 0.0707. The number of hydrogen-bond donors (Lipinski definition) is 0. The molecule has 0 spiro atoms. The van der Waals surface area contributed by atoms with Crippen molar-refractivity contribution >= 4 is 50.7 Å². The number of para-hydroxylation sites is 1. The molecule has 25 heavy (non-hydrogen) atoms. The zero-order valence-electron chi connectivity index (χ0n) is 13.4. The first-order valence-corrected chi connectivity index (χ1v) is 9.79. The number of halogens is 2. The van der Waals surface area contributed by atoms with E-state index in [9.17, 15) is 4.79 Å². The molecule has 0 bridgehead atoms. The maximum atomic E-state index is 12.8. The highest BCUT2D eigenvalue weighted by Gasteiger charge is 2.27. The number of likely N-dealkylation sites (tertiary alicyclic amines) is 1. The first-order valence-electron chi connectivity index (χ1n) is 8.21. The van der Waals surface area contributed by atoms with E-state index in [-0.39, 0.29) is 11.8 Å². The van der Waals surface area contributed by atoms with E-state index in [1.165, 1.54) is 4.70 Å². The summed E-state index contributed by atoms with van der Waals surface area (Å²) < 4.78 is 1.20. The van der Waals surface area contributed by atoms with Gasteiger partial charge in [0.1, 0.15) is 0 Å². The maximum Gasteiger partial charge on any atom is 0.253 e. The van der Waals surface area contributed by atoms with Gasteiger partial charge in [-0.3, -0.25) is 4.79 Å². The molecule has 1 fully saturated rings. The smallest absolute Gasteiger partial charge is 0.253 e. The molecule has 2 heterocycles. The molecule has 1 aliphatic rings. The molecule has 4 rings (SSSR count). The fraction of sp³-hybridized carbons (Fsp3) is 0.263. The predicted molar refractivity (Wildman–Crippen MR) is 104 cm³/mol. The van der Waals surface area contributed by atoms with Crippen molar-refractivity contribution in [2.24, 2.45) is 0 Å². The molecule has 0 radical (unpaired) electrons. The lowest BCUT2D eigenvalue weighted by Gasteiger charge is -2.32. The monoisotopic (exact) mass is 390 g/mol. The number of rotatable bonds is 2. The molecular weight excluding hydrogens is 375 g/mol. The Morgan fingerprint density at radius 2 is 2.00 bits per heavy atom. The molecule has 0 aliphatic carbocycles. The van der Waals surface area contributed by atoms with Gasteiger partial charge in [0, 0.05) is 24.6 Å². The number of hydrogen-bond acceptors (Lipinski definition) is 3. The standard InChI is InChI=1S/C19H16Cl2N2OS/c20-14-8-7-12(10-15(14)21)19(24)23-9-3-4-13(11-23)18-22-16-5-1-2-6-17(16)25-18/h1-2,5-8,10,13H,3-4,9,11H2/t13-/m0/s1. The summed E-state index contributed by atoms with van der Waals surface area (Å²) in [5.41, 5.74) is 1.62. The highest BCUT2D eigenvalue weighted by molar-refractivity contribution is 7.18. The summed E-state index contributed by atoms with van der Waals surface area (Å²) in [4.78, 5) is 19.5. The Hall–Kier alpha value is -1.62. The largest absolute Gasteiger partial charge is 0.338 e. The molecule has 1 aromatic heterocycles. The van der Waals surface area contributed by atoms with Crippen molar-refractivity contribution in [2.45, 2.75) is 18.8 Å². The number of thiazole rings is 1. The van der Waals surface area contributed by atoms with E-state index in [1.807, 2.05) is 23.1 Å². The van der Waals surface area contributed by atoms with Crippen LogP contribution >= 0.6 is 34.5 Å². The van der Waals surface area contributed by atoms with Crippen molar-refractivity contribution in [3.05, 3.63) is 63.1 Å². The summed E-state index contributed by atoms with van der Waals surface area (Å²) in [6.07, 6.45) is 2.04. The average Bonchev–Trinajstić information content (AvgIpc) is 3.08. The summed E-state index contributed by atoms with van der Waals surface area (Å²) in [6, 6.07) is 13.2. The Morgan fingerprint density at radius 1 is 1.16 bits per heavy atom. The minimum Gasteiger partial charge on any atom is -0.338 e. The SMILES string of the molecule is O=C(c1ccc(Cl)c(Cl)c1)N1CCC[C@H](c2nc3ccccc3s2)C1. The Kier molecular flexibility index (Phi) is 4.67. The molecule has 1 atom stereocenters. The van der Waals surface area contributed by atoms with Gasteiger partial charge in [-0.1, -0.05) is 35.3 Å². The van der Waals surface area contributed by atoms with Crippen LogP contribution in [0, 0.1) is 0 Å². The Labute approximate surface area is 160 Å². The van der Waals surface area contributed by atoms with Gasteiger partial charge in [-0.2, -0.15) is 0 Å². The summed E-state index contributed by atoms with van der Waals surface area (Å²) in [5, 5.41) is 1.99. The third-order valence-electron chi connectivity index (χ3n) is 4.53. The quantitative estimate of drug-likeness (QED) is 0.568. The normalized spacial score (nSPS) is 17.8. The van der Waals surface area contributed by atoms with Crippen molar-refractivity contribution < 1.29 is 4.79 Å². The molecule has 128 valence electrons. The molecule has 3 nitrogen and oxygen atoms in total. The van der Waals surface area contributed by atoms with Crippen LogP contribution in [0.25, 0.3) is 10.2 Å². The molecule has 1 amide bonds. The van der Waals surface area contributed by atoms with Gasteiger partial charge in [-0.15, -0.1) is 11.3 Å². The molecule has 1 saturated heterocycles. The molecule has 0 unspecified atom stereocenters. The molecule has 6 heteroatoms. The van der Waals surface area contributed by atoms with Crippen LogP contribution in [0.4, 0.5) is 0 Å². The second-order valence-electron chi connectivity index (χ2n) is 6.24. The number of nitrogens with zero attached hydrogens (tertiary/aromatic N) is 2. The van der Waals surface area contributed by atoms with Crippen molar-refractivity contribution in [2.75, 3.05) is 13.1 Å². The van der Waals surface area contributed by atoms with E-state index < -0.39 is 0 Å². The number of amides is 1. The zero-order chi connectivity index (χ0) is 17.4. The molecular formula is C19H16Cl2N2OS. The summed E-state index contributed by atoms with van der Waals surface area (Å²) in [7, 11) is 0. The van der Waals surface area contributed by atoms with Gasteiger partial charge in [-0.05, 0) is 43.2 Å². The first-order chi connectivity index (χ1) is 12.1. The fourth-order valence-electron chi connectivity index (χ4n) is 3.24. The molecule has 0 N–H and O–H groups in total. The van der Waals surface area contributed by atoms with Gasteiger partial charge < -0.3 is 4.90 Å². The second kappa shape index (κ2) is 6.94. The predicted octanol–water partition coefficient (Wildman–Crippen LogP) is 5.62. The fourth-order valence-corrected chi connectivity index (χ4v) is 4.63. The van der Waals surface area contributed by atoms with Crippen molar-refractivity contribution in [1.82, 2.24) is 9.88 Å². The van der Waals surface area contributed by atoms with Crippen LogP contribution in [0.1, 0.15) is 34.1 Å². The van der Waals surface area contributed by atoms with Crippen molar-refractivity contribution in [3.8, 4) is 0 Å². The van der Waals surface area contributed by atoms with Crippen LogP contribution < -0.4 is 0 Å². The number of piperidine rings is 1. The Morgan fingerprint density at radius 3 is 2.80 bits per heavy atom. The Bertz CT molecular complexity index is 907. The highest BCUT2D eigenvalue weighted by Crippen LogP contribution is 2.33. The molecule has 0 saturated carbocycles. The van der Waals surface area contributed by atoms with E-state index in [1.54, 1.807) is 29.5 Å². The lowest BCUT2D eigenvalue weighted by atomic mass is 9.98. The number of carbonyl (C=O) groups is 1. The number of benzene rings is 2. The van der Waals surface area contributed by atoms with E-state index in [2.05, 4.69) is 6.07 Å². The van der Waals surface area contributed by atoms with Crippen LogP contribution in [-0.4, -0.2) is 28.9 Å². The molecule has 1 aliphatic heterocycles. The number of fused-ring (bicyclic) bond motifs is 1.